The Labute approximate surface area is 91.2 Å². The van der Waals surface area contributed by atoms with E-state index < -0.39 is 0 Å². The van der Waals surface area contributed by atoms with E-state index in [4.69, 9.17) is 0 Å². The second-order valence-corrected chi connectivity index (χ2v) is 4.00. The number of pyridine rings is 2. The van der Waals surface area contributed by atoms with Gasteiger partial charge < -0.3 is 0 Å². The van der Waals surface area contributed by atoms with Crippen molar-refractivity contribution in [2.75, 3.05) is 0 Å². The van der Waals surface area contributed by atoms with E-state index in [1.807, 2.05) is 31.2 Å². The number of rotatable bonds is 1. The van der Waals surface area contributed by atoms with E-state index in [2.05, 4.69) is 25.9 Å². The van der Waals surface area contributed by atoms with Crippen LogP contribution in [0.1, 0.15) is 5.56 Å². The topological polar surface area (TPSA) is 25.8 Å². The van der Waals surface area contributed by atoms with E-state index in [1.165, 1.54) is 5.56 Å². The lowest BCUT2D eigenvalue weighted by Gasteiger charge is -2.00. The summed E-state index contributed by atoms with van der Waals surface area (Å²) in [6, 6.07) is 7.91. The quantitative estimate of drug-likeness (QED) is 0.775. The molecule has 0 saturated heterocycles. The molecule has 2 aromatic heterocycles. The molecule has 0 bridgehead atoms. The van der Waals surface area contributed by atoms with Crippen molar-refractivity contribution in [2.45, 2.75) is 6.92 Å². The fourth-order valence-corrected chi connectivity index (χ4v) is 1.44. The standard InChI is InChI=1S/C11H9BrN2/c1-8-4-5-13-11(6-8)10-3-2-9(12)7-14-10/h2-7H,1H3. The number of aromatic nitrogens is 2. The van der Waals surface area contributed by atoms with Crippen LogP contribution in [0.3, 0.4) is 0 Å². The van der Waals surface area contributed by atoms with Crippen LogP contribution in [0.2, 0.25) is 0 Å². The summed E-state index contributed by atoms with van der Waals surface area (Å²) in [6.45, 7) is 2.05. The van der Waals surface area contributed by atoms with Crippen LogP contribution in [0.15, 0.2) is 41.1 Å². The van der Waals surface area contributed by atoms with Gasteiger partial charge in [0, 0.05) is 16.9 Å². The average molecular weight is 249 g/mol. The van der Waals surface area contributed by atoms with Gasteiger partial charge in [0.2, 0.25) is 0 Å². The molecular formula is C11H9BrN2. The third-order valence-corrected chi connectivity index (χ3v) is 2.37. The highest BCUT2D eigenvalue weighted by atomic mass is 79.9. The first kappa shape index (κ1) is 9.34. The molecule has 2 aromatic rings. The Morgan fingerprint density at radius 2 is 1.93 bits per heavy atom. The number of halogens is 1. The molecule has 2 rings (SSSR count). The summed E-state index contributed by atoms with van der Waals surface area (Å²) in [5.41, 5.74) is 3.01. The van der Waals surface area contributed by atoms with Gasteiger partial charge in [0.15, 0.2) is 0 Å². The zero-order chi connectivity index (χ0) is 9.97. The maximum absolute atomic E-state index is 4.28. The Balaban J connectivity index is 2.44. The van der Waals surface area contributed by atoms with Gasteiger partial charge in [0.25, 0.3) is 0 Å². The molecule has 0 atom stereocenters. The lowest BCUT2D eigenvalue weighted by Crippen LogP contribution is -1.87. The van der Waals surface area contributed by atoms with Gasteiger partial charge in [-0.2, -0.15) is 0 Å². The molecule has 0 amide bonds. The van der Waals surface area contributed by atoms with E-state index in [0.717, 1.165) is 15.9 Å². The highest BCUT2D eigenvalue weighted by Gasteiger charge is 1.99. The van der Waals surface area contributed by atoms with Crippen molar-refractivity contribution in [3.05, 3.63) is 46.7 Å². The Morgan fingerprint density at radius 3 is 2.57 bits per heavy atom. The zero-order valence-corrected chi connectivity index (χ0v) is 9.32. The average Bonchev–Trinajstić information content (AvgIpc) is 2.19. The molecule has 0 aliphatic carbocycles. The first-order chi connectivity index (χ1) is 6.75. The molecule has 0 aliphatic heterocycles. The van der Waals surface area contributed by atoms with Crippen LogP contribution in [0.4, 0.5) is 0 Å². The normalized spacial score (nSPS) is 10.1. The highest BCUT2D eigenvalue weighted by Crippen LogP contribution is 2.17. The SMILES string of the molecule is Cc1ccnc(-c2ccc(Br)cn2)c1. The maximum atomic E-state index is 4.28. The molecule has 3 heteroatoms. The predicted octanol–water partition coefficient (Wildman–Crippen LogP) is 3.21. The van der Waals surface area contributed by atoms with E-state index in [0.29, 0.717) is 0 Å². The van der Waals surface area contributed by atoms with Crippen LogP contribution in [0.25, 0.3) is 11.4 Å². The summed E-state index contributed by atoms with van der Waals surface area (Å²) in [4.78, 5) is 8.54. The van der Waals surface area contributed by atoms with Gasteiger partial charge in [0.05, 0.1) is 11.4 Å². The van der Waals surface area contributed by atoms with Crippen LogP contribution < -0.4 is 0 Å². The van der Waals surface area contributed by atoms with E-state index in [9.17, 15) is 0 Å². The zero-order valence-electron chi connectivity index (χ0n) is 7.74. The first-order valence-corrected chi connectivity index (χ1v) is 5.09. The lowest BCUT2D eigenvalue weighted by atomic mass is 10.2. The summed E-state index contributed by atoms with van der Waals surface area (Å²) < 4.78 is 0.980. The highest BCUT2D eigenvalue weighted by molar-refractivity contribution is 9.10. The van der Waals surface area contributed by atoms with Crippen molar-refractivity contribution in [2.24, 2.45) is 0 Å². The fourth-order valence-electron chi connectivity index (χ4n) is 1.20. The largest absolute Gasteiger partial charge is 0.255 e. The molecule has 0 spiro atoms. The molecule has 0 N–H and O–H groups in total. The summed E-state index contributed by atoms with van der Waals surface area (Å²) in [7, 11) is 0. The third-order valence-electron chi connectivity index (χ3n) is 1.91. The van der Waals surface area contributed by atoms with Gasteiger partial charge in [0.1, 0.15) is 0 Å². The van der Waals surface area contributed by atoms with Crippen LogP contribution in [-0.4, -0.2) is 9.97 Å². The van der Waals surface area contributed by atoms with Crippen LogP contribution in [-0.2, 0) is 0 Å². The van der Waals surface area contributed by atoms with E-state index in [1.54, 1.807) is 12.4 Å². The number of hydrogen-bond acceptors (Lipinski definition) is 2. The minimum Gasteiger partial charge on any atom is -0.255 e. The maximum Gasteiger partial charge on any atom is 0.0888 e. The van der Waals surface area contributed by atoms with Crippen LogP contribution >= 0.6 is 15.9 Å². The smallest absolute Gasteiger partial charge is 0.0888 e. The Kier molecular flexibility index (Phi) is 2.59. The molecule has 2 nitrogen and oxygen atoms in total. The van der Waals surface area contributed by atoms with Gasteiger partial charge in [-0.25, -0.2) is 0 Å². The van der Waals surface area contributed by atoms with Crippen LogP contribution in [0.5, 0.6) is 0 Å². The number of nitrogens with zero attached hydrogens (tertiary/aromatic N) is 2. The summed E-state index contributed by atoms with van der Waals surface area (Å²) >= 11 is 3.35. The van der Waals surface area contributed by atoms with Crippen molar-refractivity contribution >= 4 is 15.9 Å². The van der Waals surface area contributed by atoms with Gasteiger partial charge >= 0.3 is 0 Å². The number of hydrogen-bond donors (Lipinski definition) is 0. The molecule has 0 unspecified atom stereocenters. The third kappa shape index (κ3) is 1.99. The molecule has 0 aliphatic rings. The molecule has 2 heterocycles. The predicted molar refractivity (Wildman–Crippen MR) is 59.9 cm³/mol. The van der Waals surface area contributed by atoms with Crippen molar-refractivity contribution in [3.8, 4) is 11.4 Å². The summed E-state index contributed by atoms with van der Waals surface area (Å²) in [5.74, 6) is 0. The van der Waals surface area contributed by atoms with Gasteiger partial charge in [-0.05, 0) is 52.7 Å². The van der Waals surface area contributed by atoms with Crippen molar-refractivity contribution in [3.63, 3.8) is 0 Å². The molecular weight excluding hydrogens is 240 g/mol. The van der Waals surface area contributed by atoms with Crippen molar-refractivity contribution in [1.82, 2.24) is 9.97 Å². The summed E-state index contributed by atoms with van der Waals surface area (Å²) in [5, 5.41) is 0. The molecule has 0 aromatic carbocycles. The van der Waals surface area contributed by atoms with Gasteiger partial charge in [-0.15, -0.1) is 0 Å². The van der Waals surface area contributed by atoms with E-state index in [-0.39, 0.29) is 0 Å². The number of aryl methyl sites for hydroxylation is 1. The monoisotopic (exact) mass is 248 g/mol. The Bertz CT molecular complexity index is 437. The lowest BCUT2D eigenvalue weighted by molar-refractivity contribution is 1.22. The molecule has 70 valence electrons. The fraction of sp³-hybridized carbons (Fsp3) is 0.0909. The van der Waals surface area contributed by atoms with Crippen LogP contribution in [0, 0.1) is 6.92 Å². The molecule has 0 saturated carbocycles. The Hall–Kier alpha value is -1.22. The molecule has 0 radical (unpaired) electrons. The van der Waals surface area contributed by atoms with E-state index >= 15 is 0 Å². The summed E-state index contributed by atoms with van der Waals surface area (Å²) in [6.07, 6.45) is 3.58. The Morgan fingerprint density at radius 1 is 1.07 bits per heavy atom. The van der Waals surface area contributed by atoms with Crippen molar-refractivity contribution in [1.29, 1.82) is 0 Å². The molecule has 0 fully saturated rings. The second kappa shape index (κ2) is 3.88. The second-order valence-electron chi connectivity index (χ2n) is 3.08. The molecule has 14 heavy (non-hydrogen) atoms. The van der Waals surface area contributed by atoms with Crippen molar-refractivity contribution < 1.29 is 0 Å². The van der Waals surface area contributed by atoms with Gasteiger partial charge in [-0.1, -0.05) is 0 Å². The first-order valence-electron chi connectivity index (χ1n) is 4.30. The minimum absolute atomic E-state index is 0.900. The minimum atomic E-state index is 0.900. The van der Waals surface area contributed by atoms with Gasteiger partial charge in [-0.3, -0.25) is 9.97 Å².